The van der Waals surface area contributed by atoms with Crippen molar-refractivity contribution >= 4 is 0 Å². The normalized spacial score (nSPS) is 27.0. The third-order valence-electron chi connectivity index (χ3n) is 3.24. The van der Waals surface area contributed by atoms with E-state index in [9.17, 15) is 0 Å². The molecule has 0 aromatic carbocycles. The van der Waals surface area contributed by atoms with Crippen LogP contribution in [-0.2, 0) is 0 Å². The van der Waals surface area contributed by atoms with Crippen LogP contribution in [0.4, 0.5) is 0 Å². The van der Waals surface area contributed by atoms with Crippen molar-refractivity contribution in [2.24, 2.45) is 11.3 Å². The fourth-order valence-electron chi connectivity index (χ4n) is 1.91. The number of aliphatic hydroxyl groups is 1. The van der Waals surface area contributed by atoms with Crippen molar-refractivity contribution in [3.05, 3.63) is 23.8 Å². The van der Waals surface area contributed by atoms with Crippen molar-refractivity contribution in [2.45, 2.75) is 27.2 Å². The lowest BCUT2D eigenvalue weighted by molar-refractivity contribution is 0.268. The second-order valence-corrected chi connectivity index (χ2v) is 4.21. The number of hydrogen-bond acceptors (Lipinski definition) is 1. The van der Waals surface area contributed by atoms with Crippen LogP contribution in [0.5, 0.6) is 0 Å². The van der Waals surface area contributed by atoms with Crippen LogP contribution in [0.3, 0.4) is 0 Å². The van der Waals surface area contributed by atoms with Gasteiger partial charge in [0.2, 0.25) is 0 Å². The van der Waals surface area contributed by atoms with E-state index < -0.39 is 0 Å². The van der Waals surface area contributed by atoms with Crippen LogP contribution >= 0.6 is 0 Å². The molecule has 1 heteroatoms. The molecule has 0 unspecified atom stereocenters. The van der Waals surface area contributed by atoms with Gasteiger partial charge in [-0.3, -0.25) is 0 Å². The average Bonchev–Trinajstić information content (AvgIpc) is 2.27. The highest BCUT2D eigenvalue weighted by molar-refractivity contribution is 5.25. The molecular weight excluding hydrogens is 148 g/mol. The molecular formula is C11H18O. The number of allylic oxidation sites excluding steroid dienone is 2. The van der Waals surface area contributed by atoms with Crippen LogP contribution in [-0.4, -0.2) is 11.7 Å². The minimum absolute atomic E-state index is 0.120. The first-order valence-electron chi connectivity index (χ1n) is 4.46. The van der Waals surface area contributed by atoms with Gasteiger partial charge >= 0.3 is 0 Å². The zero-order chi connectivity index (χ0) is 9.35. The summed E-state index contributed by atoms with van der Waals surface area (Å²) >= 11 is 0. The lowest BCUT2D eigenvalue weighted by Gasteiger charge is -2.30. The molecule has 1 aliphatic carbocycles. The average molecular weight is 166 g/mol. The molecule has 1 N–H and O–H groups in total. The van der Waals surface area contributed by atoms with Crippen molar-refractivity contribution in [3.8, 4) is 0 Å². The molecule has 0 spiro atoms. The molecule has 0 aromatic rings. The molecule has 0 amide bonds. The van der Waals surface area contributed by atoms with E-state index in [2.05, 4.69) is 33.4 Å². The van der Waals surface area contributed by atoms with Crippen molar-refractivity contribution in [2.75, 3.05) is 6.61 Å². The zero-order valence-corrected chi connectivity index (χ0v) is 8.22. The summed E-state index contributed by atoms with van der Waals surface area (Å²) in [4.78, 5) is 0. The molecule has 68 valence electrons. The Labute approximate surface area is 74.8 Å². The van der Waals surface area contributed by atoms with Gasteiger partial charge in [0.1, 0.15) is 0 Å². The molecule has 0 bridgehead atoms. The van der Waals surface area contributed by atoms with Gasteiger partial charge in [-0.15, -0.1) is 0 Å². The minimum Gasteiger partial charge on any atom is -0.392 e. The van der Waals surface area contributed by atoms with Gasteiger partial charge in [0.15, 0.2) is 0 Å². The number of rotatable bonds is 2. The van der Waals surface area contributed by atoms with Gasteiger partial charge in [0.25, 0.3) is 0 Å². The summed E-state index contributed by atoms with van der Waals surface area (Å²) in [5.74, 6) is 0.433. The molecule has 0 radical (unpaired) electrons. The molecule has 0 fully saturated rings. The Hall–Kier alpha value is -0.560. The van der Waals surface area contributed by atoms with Gasteiger partial charge in [0.05, 0.1) is 6.61 Å². The molecule has 1 rings (SSSR count). The number of hydrogen-bond donors (Lipinski definition) is 1. The first-order valence-corrected chi connectivity index (χ1v) is 4.46. The van der Waals surface area contributed by atoms with Crippen molar-refractivity contribution in [3.63, 3.8) is 0 Å². The first-order chi connectivity index (χ1) is 5.50. The maximum absolute atomic E-state index is 8.99. The molecule has 1 nitrogen and oxygen atoms in total. The van der Waals surface area contributed by atoms with Crippen LogP contribution in [0.15, 0.2) is 23.8 Å². The molecule has 0 saturated heterocycles. The second-order valence-electron chi connectivity index (χ2n) is 4.21. The molecule has 1 aliphatic rings. The smallest absolute Gasteiger partial charge is 0.0642 e. The highest BCUT2D eigenvalue weighted by atomic mass is 16.3. The molecule has 1 atom stereocenters. The third-order valence-corrected chi connectivity index (χ3v) is 3.24. The summed E-state index contributed by atoms with van der Waals surface area (Å²) in [6.45, 7) is 10.6. The van der Waals surface area contributed by atoms with E-state index in [1.54, 1.807) is 0 Å². The Morgan fingerprint density at radius 3 is 2.67 bits per heavy atom. The topological polar surface area (TPSA) is 20.2 Å². The van der Waals surface area contributed by atoms with E-state index in [1.807, 2.05) is 0 Å². The van der Waals surface area contributed by atoms with Crippen molar-refractivity contribution in [1.29, 1.82) is 0 Å². The SMILES string of the molecule is C=C(CO)[C@@H]1CC=C(C)C1(C)C. The van der Waals surface area contributed by atoms with E-state index in [-0.39, 0.29) is 12.0 Å². The molecule has 0 aliphatic heterocycles. The fourth-order valence-corrected chi connectivity index (χ4v) is 1.91. The Balaban J connectivity index is 2.80. The standard InChI is InChI=1S/C11H18O/c1-8(7-12)10-6-5-9(2)11(10,3)4/h5,10,12H,1,6-7H2,2-4H3/t10-/m0/s1. The van der Waals surface area contributed by atoms with Crippen molar-refractivity contribution < 1.29 is 5.11 Å². The zero-order valence-electron chi connectivity index (χ0n) is 8.22. The van der Waals surface area contributed by atoms with Crippen LogP contribution in [0.25, 0.3) is 0 Å². The predicted molar refractivity (Wildman–Crippen MR) is 51.9 cm³/mol. The van der Waals surface area contributed by atoms with Gasteiger partial charge in [0, 0.05) is 0 Å². The van der Waals surface area contributed by atoms with Crippen LogP contribution < -0.4 is 0 Å². The third kappa shape index (κ3) is 1.34. The summed E-state index contributed by atoms with van der Waals surface area (Å²) < 4.78 is 0. The van der Waals surface area contributed by atoms with Gasteiger partial charge < -0.3 is 5.11 Å². The largest absolute Gasteiger partial charge is 0.392 e. The van der Waals surface area contributed by atoms with E-state index in [0.29, 0.717) is 5.92 Å². The van der Waals surface area contributed by atoms with E-state index >= 15 is 0 Å². The van der Waals surface area contributed by atoms with Gasteiger partial charge in [-0.25, -0.2) is 0 Å². The maximum atomic E-state index is 8.99. The van der Waals surface area contributed by atoms with E-state index in [1.165, 1.54) is 5.57 Å². The van der Waals surface area contributed by atoms with Crippen LogP contribution in [0.2, 0.25) is 0 Å². The highest BCUT2D eigenvalue weighted by Crippen LogP contribution is 2.45. The van der Waals surface area contributed by atoms with Gasteiger partial charge in [-0.1, -0.05) is 32.1 Å². The monoisotopic (exact) mass is 166 g/mol. The summed E-state index contributed by atoms with van der Waals surface area (Å²) in [6, 6.07) is 0. The lowest BCUT2D eigenvalue weighted by Crippen LogP contribution is -2.23. The Morgan fingerprint density at radius 2 is 2.33 bits per heavy atom. The van der Waals surface area contributed by atoms with Crippen LogP contribution in [0.1, 0.15) is 27.2 Å². The predicted octanol–water partition coefficient (Wildman–Crippen LogP) is 2.53. The quantitative estimate of drug-likeness (QED) is 0.625. The molecule has 12 heavy (non-hydrogen) atoms. The highest BCUT2D eigenvalue weighted by Gasteiger charge is 2.35. The number of aliphatic hydroxyl groups excluding tert-OH is 1. The van der Waals surface area contributed by atoms with E-state index in [4.69, 9.17) is 5.11 Å². The van der Waals surface area contributed by atoms with Crippen LogP contribution in [0, 0.1) is 11.3 Å². The summed E-state index contributed by atoms with van der Waals surface area (Å²) in [5.41, 5.74) is 2.58. The lowest BCUT2D eigenvalue weighted by atomic mass is 9.74. The van der Waals surface area contributed by atoms with E-state index in [0.717, 1.165) is 12.0 Å². The fraction of sp³-hybridized carbons (Fsp3) is 0.636. The molecule has 0 aromatic heterocycles. The summed E-state index contributed by atoms with van der Waals surface area (Å²) in [7, 11) is 0. The minimum atomic E-state index is 0.120. The maximum Gasteiger partial charge on any atom is 0.0642 e. The Bertz CT molecular complexity index is 223. The second kappa shape index (κ2) is 3.06. The van der Waals surface area contributed by atoms with Gasteiger partial charge in [-0.2, -0.15) is 0 Å². The summed E-state index contributed by atoms with van der Waals surface area (Å²) in [5, 5.41) is 8.99. The van der Waals surface area contributed by atoms with Crippen molar-refractivity contribution in [1.82, 2.24) is 0 Å². The summed E-state index contributed by atoms with van der Waals surface area (Å²) in [6.07, 6.45) is 3.30. The Kier molecular flexibility index (Phi) is 2.43. The van der Waals surface area contributed by atoms with Gasteiger partial charge in [-0.05, 0) is 30.3 Å². The Morgan fingerprint density at radius 1 is 1.75 bits per heavy atom. The first kappa shape index (κ1) is 9.53. The molecule has 0 heterocycles. The molecule has 0 saturated carbocycles.